The van der Waals surface area contributed by atoms with Gasteiger partial charge in [0.1, 0.15) is 5.82 Å². The highest BCUT2D eigenvalue weighted by molar-refractivity contribution is 5.82. The number of likely N-dealkylation sites (tertiary alicyclic amines) is 1. The maximum Gasteiger partial charge on any atom is 0.239 e. The first kappa shape index (κ1) is 12.7. The molecule has 0 radical (unpaired) electrons. The molecule has 19 heavy (non-hydrogen) atoms. The maximum atomic E-state index is 12.4. The zero-order valence-corrected chi connectivity index (χ0v) is 11.5. The minimum Gasteiger partial charge on any atom is -0.341 e. The minimum atomic E-state index is 0.0580. The molecule has 1 aromatic rings. The van der Waals surface area contributed by atoms with E-state index in [1.807, 2.05) is 28.9 Å². The highest BCUT2D eigenvalue weighted by Crippen LogP contribution is 2.22. The Balaban J connectivity index is 1.54. The average molecular weight is 262 g/mol. The Bertz CT molecular complexity index is 452. The molecule has 1 unspecified atom stereocenters. The standard InChI is InChI=1S/C14H22N4O/c1-17-10-7-15-13(17)6-9-18-8-2-3-12(14(18)19)16-11-4-5-11/h7,10-12,16H,2-6,8-9H2,1H3. The van der Waals surface area contributed by atoms with E-state index in [0.717, 1.165) is 38.2 Å². The molecule has 1 saturated heterocycles. The molecule has 2 fully saturated rings. The molecular weight excluding hydrogens is 240 g/mol. The summed E-state index contributed by atoms with van der Waals surface area (Å²) in [5.41, 5.74) is 0. The van der Waals surface area contributed by atoms with Crippen molar-refractivity contribution in [1.29, 1.82) is 0 Å². The van der Waals surface area contributed by atoms with Gasteiger partial charge in [-0.15, -0.1) is 0 Å². The van der Waals surface area contributed by atoms with Crippen LogP contribution in [0.4, 0.5) is 0 Å². The summed E-state index contributed by atoms with van der Waals surface area (Å²) in [4.78, 5) is 18.7. The molecule has 1 saturated carbocycles. The fourth-order valence-corrected chi connectivity index (χ4v) is 2.72. The van der Waals surface area contributed by atoms with Gasteiger partial charge in [0.15, 0.2) is 0 Å². The molecule has 1 aromatic heterocycles. The Kier molecular flexibility index (Phi) is 3.55. The third kappa shape index (κ3) is 2.97. The molecule has 1 aliphatic heterocycles. The molecule has 1 aliphatic carbocycles. The number of aromatic nitrogens is 2. The fourth-order valence-electron chi connectivity index (χ4n) is 2.72. The molecule has 5 nitrogen and oxygen atoms in total. The van der Waals surface area contributed by atoms with Gasteiger partial charge >= 0.3 is 0 Å². The number of hydrogen-bond acceptors (Lipinski definition) is 3. The second-order valence-electron chi connectivity index (χ2n) is 5.67. The number of rotatable bonds is 5. The number of hydrogen-bond donors (Lipinski definition) is 1. The van der Waals surface area contributed by atoms with E-state index in [4.69, 9.17) is 0 Å². The molecule has 1 atom stereocenters. The summed E-state index contributed by atoms with van der Waals surface area (Å²) in [5.74, 6) is 1.33. The Labute approximate surface area is 114 Å². The molecule has 5 heteroatoms. The van der Waals surface area contributed by atoms with Gasteiger partial charge in [-0.1, -0.05) is 0 Å². The van der Waals surface area contributed by atoms with Gasteiger partial charge in [0, 0.05) is 45.0 Å². The van der Waals surface area contributed by atoms with Gasteiger partial charge in [-0.3, -0.25) is 4.79 Å². The predicted octanol–water partition coefficient (Wildman–Crippen LogP) is 0.706. The summed E-state index contributed by atoms with van der Waals surface area (Å²) in [6.45, 7) is 1.68. The zero-order chi connectivity index (χ0) is 13.2. The van der Waals surface area contributed by atoms with Crippen LogP contribution < -0.4 is 5.32 Å². The van der Waals surface area contributed by atoms with E-state index in [-0.39, 0.29) is 11.9 Å². The van der Waals surface area contributed by atoms with Gasteiger partial charge in [0.2, 0.25) is 5.91 Å². The van der Waals surface area contributed by atoms with Crippen molar-refractivity contribution in [1.82, 2.24) is 19.8 Å². The number of nitrogens with zero attached hydrogens (tertiary/aromatic N) is 3. The van der Waals surface area contributed by atoms with Crippen molar-refractivity contribution in [3.63, 3.8) is 0 Å². The third-order valence-electron chi connectivity index (χ3n) is 4.07. The van der Waals surface area contributed by atoms with Crippen LogP contribution in [0.5, 0.6) is 0 Å². The van der Waals surface area contributed by atoms with E-state index in [2.05, 4.69) is 10.3 Å². The smallest absolute Gasteiger partial charge is 0.239 e. The lowest BCUT2D eigenvalue weighted by Crippen LogP contribution is -2.51. The Hall–Kier alpha value is -1.36. The van der Waals surface area contributed by atoms with Crippen molar-refractivity contribution in [3.05, 3.63) is 18.2 Å². The number of carbonyl (C=O) groups excluding carboxylic acids is 1. The van der Waals surface area contributed by atoms with E-state index < -0.39 is 0 Å². The topological polar surface area (TPSA) is 50.2 Å². The molecule has 0 aromatic carbocycles. The molecule has 2 heterocycles. The first-order valence-electron chi connectivity index (χ1n) is 7.25. The SMILES string of the molecule is Cn1ccnc1CCN1CCCC(NC2CC2)C1=O. The van der Waals surface area contributed by atoms with Gasteiger partial charge in [-0.25, -0.2) is 4.98 Å². The Morgan fingerprint density at radius 3 is 2.95 bits per heavy atom. The Morgan fingerprint density at radius 1 is 1.42 bits per heavy atom. The first-order valence-corrected chi connectivity index (χ1v) is 7.25. The number of amides is 1. The number of piperidine rings is 1. The van der Waals surface area contributed by atoms with Crippen molar-refractivity contribution >= 4 is 5.91 Å². The summed E-state index contributed by atoms with van der Waals surface area (Å²) in [5, 5.41) is 3.47. The van der Waals surface area contributed by atoms with Gasteiger partial charge in [-0.2, -0.15) is 0 Å². The Morgan fingerprint density at radius 2 is 2.26 bits per heavy atom. The van der Waals surface area contributed by atoms with Crippen LogP contribution >= 0.6 is 0 Å². The van der Waals surface area contributed by atoms with Crippen molar-refractivity contribution in [2.45, 2.75) is 44.2 Å². The number of nitrogens with one attached hydrogen (secondary N) is 1. The highest BCUT2D eigenvalue weighted by Gasteiger charge is 2.33. The average Bonchev–Trinajstić information content (AvgIpc) is 3.12. The molecular formula is C14H22N4O. The summed E-state index contributed by atoms with van der Waals surface area (Å²) < 4.78 is 2.02. The number of aryl methyl sites for hydroxylation is 1. The van der Waals surface area contributed by atoms with Gasteiger partial charge < -0.3 is 14.8 Å². The minimum absolute atomic E-state index is 0.0580. The second kappa shape index (κ2) is 5.33. The lowest BCUT2D eigenvalue weighted by atomic mass is 10.0. The summed E-state index contributed by atoms with van der Waals surface area (Å²) in [6.07, 6.45) is 9.17. The van der Waals surface area contributed by atoms with Gasteiger partial charge in [-0.05, 0) is 25.7 Å². The molecule has 0 spiro atoms. The van der Waals surface area contributed by atoms with E-state index in [0.29, 0.717) is 6.04 Å². The van der Waals surface area contributed by atoms with E-state index >= 15 is 0 Å². The highest BCUT2D eigenvalue weighted by atomic mass is 16.2. The number of imidazole rings is 1. The largest absolute Gasteiger partial charge is 0.341 e. The number of carbonyl (C=O) groups is 1. The fraction of sp³-hybridized carbons (Fsp3) is 0.714. The van der Waals surface area contributed by atoms with Crippen LogP contribution in [-0.2, 0) is 18.3 Å². The van der Waals surface area contributed by atoms with Crippen LogP contribution in [-0.4, -0.2) is 45.5 Å². The predicted molar refractivity (Wildman–Crippen MR) is 72.7 cm³/mol. The first-order chi connectivity index (χ1) is 9.24. The van der Waals surface area contributed by atoms with Crippen LogP contribution in [0, 0.1) is 0 Å². The van der Waals surface area contributed by atoms with Crippen LogP contribution in [0.1, 0.15) is 31.5 Å². The lowest BCUT2D eigenvalue weighted by Gasteiger charge is -2.32. The maximum absolute atomic E-state index is 12.4. The van der Waals surface area contributed by atoms with Crippen LogP contribution in [0.3, 0.4) is 0 Å². The van der Waals surface area contributed by atoms with E-state index in [1.165, 1.54) is 12.8 Å². The van der Waals surface area contributed by atoms with Crippen molar-refractivity contribution in [2.24, 2.45) is 7.05 Å². The van der Waals surface area contributed by atoms with Crippen molar-refractivity contribution in [2.75, 3.05) is 13.1 Å². The molecule has 1 amide bonds. The normalized spacial score (nSPS) is 23.9. The second-order valence-corrected chi connectivity index (χ2v) is 5.67. The van der Waals surface area contributed by atoms with Crippen LogP contribution in [0.25, 0.3) is 0 Å². The van der Waals surface area contributed by atoms with Gasteiger partial charge in [0.25, 0.3) is 0 Å². The summed E-state index contributed by atoms with van der Waals surface area (Å²) in [7, 11) is 2.00. The van der Waals surface area contributed by atoms with Crippen LogP contribution in [0.15, 0.2) is 12.4 Å². The quantitative estimate of drug-likeness (QED) is 0.850. The molecule has 2 aliphatic rings. The molecule has 3 rings (SSSR count). The monoisotopic (exact) mass is 262 g/mol. The van der Waals surface area contributed by atoms with Crippen molar-refractivity contribution in [3.8, 4) is 0 Å². The lowest BCUT2D eigenvalue weighted by molar-refractivity contribution is -0.136. The summed E-state index contributed by atoms with van der Waals surface area (Å²) in [6, 6.07) is 0.658. The third-order valence-corrected chi connectivity index (χ3v) is 4.07. The summed E-state index contributed by atoms with van der Waals surface area (Å²) >= 11 is 0. The van der Waals surface area contributed by atoms with E-state index in [9.17, 15) is 4.79 Å². The van der Waals surface area contributed by atoms with Gasteiger partial charge in [0.05, 0.1) is 6.04 Å². The molecule has 104 valence electrons. The van der Waals surface area contributed by atoms with Crippen LogP contribution in [0.2, 0.25) is 0 Å². The molecule has 0 bridgehead atoms. The van der Waals surface area contributed by atoms with E-state index in [1.54, 1.807) is 0 Å². The van der Waals surface area contributed by atoms with Crippen molar-refractivity contribution < 1.29 is 4.79 Å². The zero-order valence-electron chi connectivity index (χ0n) is 11.5. The molecule has 1 N–H and O–H groups in total.